The minimum atomic E-state index is -4.53. The smallest absolute Gasteiger partial charge is 0.229 e. The summed E-state index contributed by atoms with van der Waals surface area (Å²) in [6, 6.07) is 3.97. The number of aromatic nitrogens is 3. The first kappa shape index (κ1) is 13.2. The van der Waals surface area contributed by atoms with E-state index in [0.717, 1.165) is 18.2 Å². The second-order valence-electron chi connectivity index (χ2n) is 3.20. The average Bonchev–Trinajstić information content (AvgIpc) is 2.41. The normalized spacial score (nSPS) is 11.3. The lowest BCUT2D eigenvalue weighted by Gasteiger charge is -2.06. The molecular formula is C9H6F2N4O3S. The highest BCUT2D eigenvalue weighted by molar-refractivity contribution is 7.86. The summed E-state index contributed by atoms with van der Waals surface area (Å²) in [4.78, 5) is -0.929. The molecule has 0 saturated heterocycles. The highest BCUT2D eigenvalue weighted by Crippen LogP contribution is 2.19. The fourth-order valence-corrected chi connectivity index (χ4v) is 1.96. The summed E-state index contributed by atoms with van der Waals surface area (Å²) < 4.78 is 53.8. The van der Waals surface area contributed by atoms with Gasteiger partial charge in [0.1, 0.15) is 4.90 Å². The van der Waals surface area contributed by atoms with Gasteiger partial charge in [0.15, 0.2) is 17.5 Å². The van der Waals surface area contributed by atoms with Crippen molar-refractivity contribution in [3.05, 3.63) is 42.1 Å². The Labute approximate surface area is 106 Å². The van der Waals surface area contributed by atoms with Crippen molar-refractivity contribution >= 4 is 15.9 Å². The largest absolute Gasteiger partial charge is 0.320 e. The van der Waals surface area contributed by atoms with Crippen molar-refractivity contribution in [2.75, 3.05) is 5.48 Å². The van der Waals surface area contributed by atoms with Crippen LogP contribution in [-0.4, -0.2) is 23.8 Å². The van der Waals surface area contributed by atoms with E-state index in [0.29, 0.717) is 0 Å². The molecule has 1 aromatic carbocycles. The standard InChI is InChI=1S/C9H6F2N4O3S/c10-6-2-1-3-7(9(6)11)19(16,17)18-14-8-4-5-12-15-13-8/h1-5H,(H,12,13,14). The van der Waals surface area contributed by atoms with Gasteiger partial charge in [-0.2, -0.15) is 8.42 Å². The third-order valence-corrected chi connectivity index (χ3v) is 3.10. The molecule has 10 heteroatoms. The molecule has 1 aromatic heterocycles. The minimum absolute atomic E-state index is 0.0598. The molecule has 0 bridgehead atoms. The van der Waals surface area contributed by atoms with Crippen LogP contribution in [0, 0.1) is 11.6 Å². The van der Waals surface area contributed by atoms with Gasteiger partial charge in [-0.3, -0.25) is 0 Å². The number of rotatable bonds is 4. The molecule has 100 valence electrons. The molecule has 19 heavy (non-hydrogen) atoms. The molecule has 2 aromatic rings. The molecule has 0 aliphatic rings. The van der Waals surface area contributed by atoms with Crippen LogP contribution in [0.25, 0.3) is 0 Å². The van der Waals surface area contributed by atoms with Crippen LogP contribution in [0.5, 0.6) is 0 Å². The van der Waals surface area contributed by atoms with E-state index in [9.17, 15) is 17.2 Å². The van der Waals surface area contributed by atoms with E-state index in [1.54, 1.807) is 0 Å². The Hall–Kier alpha value is -2.20. The zero-order valence-electron chi connectivity index (χ0n) is 9.12. The van der Waals surface area contributed by atoms with Crippen LogP contribution >= 0.6 is 0 Å². The van der Waals surface area contributed by atoms with Crippen LogP contribution in [0.1, 0.15) is 0 Å². The first-order valence-electron chi connectivity index (χ1n) is 4.78. The van der Waals surface area contributed by atoms with E-state index >= 15 is 0 Å². The molecule has 2 rings (SSSR count). The highest BCUT2D eigenvalue weighted by Gasteiger charge is 2.23. The van der Waals surface area contributed by atoms with Crippen molar-refractivity contribution < 1.29 is 21.5 Å². The maximum Gasteiger partial charge on any atom is 0.320 e. The van der Waals surface area contributed by atoms with E-state index < -0.39 is 26.6 Å². The first-order chi connectivity index (χ1) is 9.00. The van der Waals surface area contributed by atoms with Crippen LogP contribution in [0.15, 0.2) is 35.4 Å². The number of hydrogen-bond acceptors (Lipinski definition) is 7. The summed E-state index contributed by atoms with van der Waals surface area (Å²) in [7, 11) is -4.53. The molecule has 0 aliphatic carbocycles. The fraction of sp³-hybridized carbons (Fsp3) is 0. The first-order valence-corrected chi connectivity index (χ1v) is 6.19. The Morgan fingerprint density at radius 2 is 2.00 bits per heavy atom. The molecule has 0 spiro atoms. The Balaban J connectivity index is 2.22. The van der Waals surface area contributed by atoms with Crippen molar-refractivity contribution in [3.8, 4) is 0 Å². The van der Waals surface area contributed by atoms with Crippen molar-refractivity contribution in [1.29, 1.82) is 0 Å². The summed E-state index contributed by atoms with van der Waals surface area (Å²) in [6.07, 6.45) is 1.23. The number of nitrogens with one attached hydrogen (secondary N) is 1. The van der Waals surface area contributed by atoms with E-state index in [1.165, 1.54) is 12.3 Å². The summed E-state index contributed by atoms with van der Waals surface area (Å²) in [5.74, 6) is -2.88. The Bertz CT molecular complexity index is 681. The maximum atomic E-state index is 13.3. The summed E-state index contributed by atoms with van der Waals surface area (Å²) >= 11 is 0. The maximum absolute atomic E-state index is 13.3. The third-order valence-electron chi connectivity index (χ3n) is 1.94. The molecular weight excluding hydrogens is 282 g/mol. The lowest BCUT2D eigenvalue weighted by atomic mass is 10.3. The quantitative estimate of drug-likeness (QED) is 0.834. The minimum Gasteiger partial charge on any atom is -0.229 e. The molecule has 0 amide bonds. The van der Waals surface area contributed by atoms with Crippen LogP contribution in [-0.2, 0) is 14.4 Å². The predicted octanol–water partition coefficient (Wildman–Crippen LogP) is 0.882. The Morgan fingerprint density at radius 3 is 2.68 bits per heavy atom. The summed E-state index contributed by atoms with van der Waals surface area (Å²) in [5, 5.41) is 9.96. The van der Waals surface area contributed by atoms with Gasteiger partial charge in [-0.15, -0.1) is 14.5 Å². The van der Waals surface area contributed by atoms with Gasteiger partial charge in [0.05, 0.1) is 6.20 Å². The van der Waals surface area contributed by atoms with Crippen molar-refractivity contribution in [1.82, 2.24) is 15.4 Å². The zero-order valence-corrected chi connectivity index (χ0v) is 9.93. The predicted molar refractivity (Wildman–Crippen MR) is 58.1 cm³/mol. The zero-order chi connectivity index (χ0) is 13.9. The number of hydrogen-bond donors (Lipinski definition) is 1. The van der Waals surface area contributed by atoms with Gasteiger partial charge in [-0.1, -0.05) is 6.07 Å². The van der Waals surface area contributed by atoms with Gasteiger partial charge >= 0.3 is 10.1 Å². The SMILES string of the molecule is O=S(=O)(ONc1ccnnn1)c1cccc(F)c1F. The van der Waals surface area contributed by atoms with E-state index in [4.69, 9.17) is 0 Å². The lowest BCUT2D eigenvalue weighted by molar-refractivity contribution is 0.380. The molecule has 0 atom stereocenters. The van der Waals surface area contributed by atoms with Crippen LogP contribution < -0.4 is 5.48 Å². The Morgan fingerprint density at radius 1 is 1.21 bits per heavy atom. The van der Waals surface area contributed by atoms with Gasteiger partial charge in [-0.25, -0.2) is 14.3 Å². The topological polar surface area (TPSA) is 94.1 Å². The summed E-state index contributed by atoms with van der Waals surface area (Å²) in [5.41, 5.74) is 1.94. The van der Waals surface area contributed by atoms with Crippen LogP contribution in [0.2, 0.25) is 0 Å². The van der Waals surface area contributed by atoms with Gasteiger partial charge in [-0.05, 0) is 17.3 Å². The second-order valence-corrected chi connectivity index (χ2v) is 4.71. The number of benzene rings is 1. The average molecular weight is 288 g/mol. The van der Waals surface area contributed by atoms with E-state index in [-0.39, 0.29) is 5.82 Å². The highest BCUT2D eigenvalue weighted by atomic mass is 32.2. The monoisotopic (exact) mass is 288 g/mol. The van der Waals surface area contributed by atoms with Gasteiger partial charge in [0, 0.05) is 6.07 Å². The molecule has 1 heterocycles. The van der Waals surface area contributed by atoms with Gasteiger partial charge < -0.3 is 0 Å². The van der Waals surface area contributed by atoms with E-state index in [2.05, 4.69) is 19.7 Å². The third kappa shape index (κ3) is 2.98. The molecule has 0 saturated carbocycles. The van der Waals surface area contributed by atoms with Crippen molar-refractivity contribution in [3.63, 3.8) is 0 Å². The van der Waals surface area contributed by atoms with Crippen molar-refractivity contribution in [2.45, 2.75) is 4.90 Å². The van der Waals surface area contributed by atoms with E-state index in [1.807, 2.05) is 5.48 Å². The lowest BCUT2D eigenvalue weighted by Crippen LogP contribution is -2.14. The van der Waals surface area contributed by atoms with Crippen LogP contribution in [0.3, 0.4) is 0 Å². The van der Waals surface area contributed by atoms with Crippen LogP contribution in [0.4, 0.5) is 14.6 Å². The molecule has 0 aliphatic heterocycles. The fourth-order valence-electron chi connectivity index (χ4n) is 1.12. The molecule has 0 unspecified atom stereocenters. The van der Waals surface area contributed by atoms with Gasteiger partial charge in [0.2, 0.25) is 0 Å². The molecule has 7 nitrogen and oxygen atoms in total. The molecule has 1 N–H and O–H groups in total. The molecule has 0 radical (unpaired) electrons. The van der Waals surface area contributed by atoms with Gasteiger partial charge in [0.25, 0.3) is 0 Å². The summed E-state index contributed by atoms with van der Waals surface area (Å²) in [6.45, 7) is 0. The number of nitrogens with zero attached hydrogens (tertiary/aromatic N) is 3. The number of halogens is 2. The van der Waals surface area contributed by atoms with Crippen molar-refractivity contribution in [2.24, 2.45) is 0 Å². The molecule has 0 fully saturated rings. The second kappa shape index (κ2) is 5.20. The number of anilines is 1. The Kier molecular flexibility index (Phi) is 3.62.